The first-order valence-corrected chi connectivity index (χ1v) is 4.65. The van der Waals surface area contributed by atoms with Crippen LogP contribution in [0, 0.1) is 6.42 Å². The molecule has 1 aromatic carbocycles. The number of oxime groups is 1. The van der Waals surface area contributed by atoms with Gasteiger partial charge in [-0.3, -0.25) is 0 Å². The van der Waals surface area contributed by atoms with Gasteiger partial charge in [0.15, 0.2) is 5.84 Å². The third kappa shape index (κ3) is 6.22. The molecule has 0 fully saturated rings. The van der Waals surface area contributed by atoms with Gasteiger partial charge in [0.05, 0.1) is 0 Å². The van der Waals surface area contributed by atoms with Gasteiger partial charge in [-0.1, -0.05) is 25.9 Å². The first-order chi connectivity index (χ1) is 6.77. The van der Waals surface area contributed by atoms with Crippen LogP contribution in [0.4, 0.5) is 0 Å². The fourth-order valence-corrected chi connectivity index (χ4v) is 0.904. The van der Waals surface area contributed by atoms with Crippen LogP contribution in [-0.4, -0.2) is 11.0 Å². The molecule has 0 aliphatic carbocycles. The van der Waals surface area contributed by atoms with E-state index in [1.54, 1.807) is 0 Å². The van der Waals surface area contributed by atoms with Crippen molar-refractivity contribution in [2.75, 3.05) is 0 Å². The minimum absolute atomic E-state index is 0. The molecule has 3 N–H and O–H groups in total. The molecule has 0 heterocycles. The molecule has 0 amide bonds. The summed E-state index contributed by atoms with van der Waals surface area (Å²) in [7, 11) is 0. The average molecular weight is 232 g/mol. The van der Waals surface area contributed by atoms with Crippen LogP contribution in [0.25, 0.3) is 0 Å². The Kier molecular flexibility index (Phi) is 12.2. The zero-order valence-electron chi connectivity index (χ0n) is 9.86. The van der Waals surface area contributed by atoms with Crippen LogP contribution in [0.2, 0.25) is 0 Å². The standard InChI is InChI=1S/C9H11N2O.C2H6.K/c1-2-7-3-5-8(6-4-7)9(10)11-12;1-2;/h2-6,12H,1H3,(H2,10,11);1-2H3;/q-1;;+1. The maximum Gasteiger partial charge on any atom is 1.00 e. The van der Waals surface area contributed by atoms with E-state index >= 15 is 0 Å². The summed E-state index contributed by atoms with van der Waals surface area (Å²) in [5.74, 6) is 0.137. The number of rotatable bonds is 2. The van der Waals surface area contributed by atoms with Crippen molar-refractivity contribution in [1.82, 2.24) is 0 Å². The molecule has 0 aromatic heterocycles. The Labute approximate surface area is 134 Å². The summed E-state index contributed by atoms with van der Waals surface area (Å²) in [6, 6.07) is 7.44. The van der Waals surface area contributed by atoms with Crippen LogP contribution in [0.15, 0.2) is 29.4 Å². The van der Waals surface area contributed by atoms with Gasteiger partial charge in [-0.15, -0.1) is 12.1 Å². The molecule has 0 aliphatic heterocycles. The van der Waals surface area contributed by atoms with Crippen LogP contribution in [0.1, 0.15) is 31.9 Å². The fourth-order valence-electron chi connectivity index (χ4n) is 0.904. The van der Waals surface area contributed by atoms with Gasteiger partial charge in [-0.2, -0.15) is 24.1 Å². The molecule has 0 aliphatic rings. The molecule has 15 heavy (non-hydrogen) atoms. The number of benzene rings is 1. The van der Waals surface area contributed by atoms with Crippen molar-refractivity contribution >= 4 is 5.84 Å². The van der Waals surface area contributed by atoms with Crippen molar-refractivity contribution in [2.24, 2.45) is 10.9 Å². The van der Waals surface area contributed by atoms with Gasteiger partial charge in [0.25, 0.3) is 0 Å². The molecule has 0 bridgehead atoms. The smallest absolute Gasteiger partial charge is 0.409 e. The molecular formula is C11H17KN2O. The fraction of sp³-hybridized carbons (Fsp3) is 0.273. The van der Waals surface area contributed by atoms with E-state index in [0.29, 0.717) is 0 Å². The normalized spacial score (nSPS) is 9.40. The van der Waals surface area contributed by atoms with Gasteiger partial charge in [-0.05, 0) is 5.56 Å². The van der Waals surface area contributed by atoms with Crippen molar-refractivity contribution in [3.05, 3.63) is 41.8 Å². The summed E-state index contributed by atoms with van der Waals surface area (Å²) < 4.78 is 0. The van der Waals surface area contributed by atoms with Crippen molar-refractivity contribution in [1.29, 1.82) is 0 Å². The first kappa shape index (κ1) is 17.4. The Bertz CT molecular complexity index is 283. The zero-order chi connectivity index (χ0) is 11.0. The molecule has 0 radical (unpaired) electrons. The van der Waals surface area contributed by atoms with Gasteiger partial charge in [0.1, 0.15) is 0 Å². The van der Waals surface area contributed by atoms with Gasteiger partial charge in [-0.25, -0.2) is 0 Å². The minimum atomic E-state index is 0. The summed E-state index contributed by atoms with van der Waals surface area (Å²) in [5.41, 5.74) is 7.22. The molecule has 78 valence electrons. The predicted octanol–water partition coefficient (Wildman–Crippen LogP) is -0.616. The van der Waals surface area contributed by atoms with Crippen molar-refractivity contribution < 1.29 is 56.6 Å². The first-order valence-electron chi connectivity index (χ1n) is 4.65. The molecule has 0 atom stereocenters. The largest absolute Gasteiger partial charge is 1.00 e. The second-order valence-corrected chi connectivity index (χ2v) is 2.40. The summed E-state index contributed by atoms with van der Waals surface area (Å²) in [4.78, 5) is 0. The van der Waals surface area contributed by atoms with Crippen LogP contribution >= 0.6 is 0 Å². The Morgan fingerprint density at radius 3 is 2.07 bits per heavy atom. The molecule has 0 spiro atoms. The second kappa shape index (κ2) is 10.5. The minimum Gasteiger partial charge on any atom is -0.409 e. The van der Waals surface area contributed by atoms with Crippen LogP contribution in [0.5, 0.6) is 0 Å². The van der Waals surface area contributed by atoms with E-state index in [1.807, 2.05) is 51.5 Å². The van der Waals surface area contributed by atoms with Crippen molar-refractivity contribution in [2.45, 2.75) is 20.8 Å². The molecular weight excluding hydrogens is 215 g/mol. The molecule has 0 saturated heterocycles. The molecule has 4 heteroatoms. The zero-order valence-corrected chi connectivity index (χ0v) is 13.0. The van der Waals surface area contributed by atoms with Crippen molar-refractivity contribution in [3.8, 4) is 0 Å². The van der Waals surface area contributed by atoms with E-state index in [9.17, 15) is 0 Å². The summed E-state index contributed by atoms with van der Waals surface area (Å²) in [6.07, 6.45) is 1.98. The Balaban J connectivity index is 0. The number of nitrogens with two attached hydrogens (primary N) is 1. The third-order valence-electron chi connectivity index (χ3n) is 1.65. The predicted molar refractivity (Wildman–Crippen MR) is 59.4 cm³/mol. The second-order valence-electron chi connectivity index (χ2n) is 2.40. The molecule has 1 rings (SSSR count). The Morgan fingerprint density at radius 2 is 1.73 bits per heavy atom. The molecule has 3 nitrogen and oxygen atoms in total. The molecule has 1 aromatic rings. The van der Waals surface area contributed by atoms with E-state index < -0.39 is 0 Å². The maximum absolute atomic E-state index is 8.37. The Hall–Kier alpha value is -0.00364. The number of nitrogens with zero attached hydrogens (tertiary/aromatic N) is 1. The quantitative estimate of drug-likeness (QED) is 0.178. The van der Waals surface area contributed by atoms with Crippen molar-refractivity contribution in [3.63, 3.8) is 0 Å². The molecule has 0 saturated carbocycles. The molecule has 0 unspecified atom stereocenters. The number of amidine groups is 1. The summed E-state index contributed by atoms with van der Waals surface area (Å²) in [6.45, 7) is 5.96. The van der Waals surface area contributed by atoms with Crippen LogP contribution < -0.4 is 57.1 Å². The van der Waals surface area contributed by atoms with E-state index in [0.717, 1.165) is 11.1 Å². The van der Waals surface area contributed by atoms with E-state index in [1.165, 1.54) is 0 Å². The summed E-state index contributed by atoms with van der Waals surface area (Å²) >= 11 is 0. The van der Waals surface area contributed by atoms with Gasteiger partial charge in [0, 0.05) is 0 Å². The maximum atomic E-state index is 8.37. The Morgan fingerprint density at radius 1 is 1.27 bits per heavy atom. The van der Waals surface area contributed by atoms with Crippen LogP contribution in [-0.2, 0) is 0 Å². The van der Waals surface area contributed by atoms with Crippen LogP contribution in [0.3, 0.4) is 0 Å². The van der Waals surface area contributed by atoms with E-state index in [-0.39, 0.29) is 57.2 Å². The van der Waals surface area contributed by atoms with Gasteiger partial charge in [0.2, 0.25) is 0 Å². The SMILES string of the molecule is CC.C[CH-]c1ccc(/C(N)=N/O)cc1.[K+]. The number of hydrogen-bond acceptors (Lipinski definition) is 2. The third-order valence-corrected chi connectivity index (χ3v) is 1.65. The topological polar surface area (TPSA) is 58.6 Å². The monoisotopic (exact) mass is 232 g/mol. The van der Waals surface area contributed by atoms with E-state index in [2.05, 4.69) is 5.16 Å². The van der Waals surface area contributed by atoms with Gasteiger partial charge < -0.3 is 10.9 Å². The van der Waals surface area contributed by atoms with Gasteiger partial charge >= 0.3 is 51.4 Å². The average Bonchev–Trinajstić information content (AvgIpc) is 2.31. The summed E-state index contributed by atoms with van der Waals surface area (Å²) in [5, 5.41) is 11.3. The van der Waals surface area contributed by atoms with E-state index in [4.69, 9.17) is 10.9 Å². The number of hydrogen-bond donors (Lipinski definition) is 2.